The number of benzene rings is 1. The normalized spacial score (nSPS) is 14.9. The largest absolute Gasteiger partial charge is 0.493 e. The highest BCUT2D eigenvalue weighted by Crippen LogP contribution is 2.35. The molecule has 11 nitrogen and oxygen atoms in total. The Morgan fingerprint density at radius 2 is 1.77 bits per heavy atom. The van der Waals surface area contributed by atoms with Crippen molar-refractivity contribution < 1.29 is 27.6 Å². The molecule has 1 fully saturated rings. The zero-order chi connectivity index (χ0) is 21.9. The summed E-state index contributed by atoms with van der Waals surface area (Å²) in [5, 5.41) is 11.5. The van der Waals surface area contributed by atoms with Crippen molar-refractivity contribution in [2.75, 3.05) is 40.4 Å². The van der Waals surface area contributed by atoms with Gasteiger partial charge in [-0.25, -0.2) is 8.42 Å². The Bertz CT molecular complexity index is 1050. The molecule has 0 atom stereocenters. The van der Waals surface area contributed by atoms with Gasteiger partial charge in [-0.2, -0.15) is 4.31 Å². The summed E-state index contributed by atoms with van der Waals surface area (Å²) in [6, 6.07) is 5.38. The number of carbonyl (C=O) groups excluding carboxylic acids is 1. The lowest BCUT2D eigenvalue weighted by molar-refractivity contribution is -0.385. The van der Waals surface area contributed by atoms with Gasteiger partial charge in [-0.1, -0.05) is 0 Å². The first-order chi connectivity index (χ1) is 14.3. The predicted molar refractivity (Wildman–Crippen MR) is 105 cm³/mol. The van der Waals surface area contributed by atoms with Crippen LogP contribution in [0.2, 0.25) is 0 Å². The second-order valence-electron chi connectivity index (χ2n) is 6.37. The first-order valence-electron chi connectivity index (χ1n) is 8.89. The first kappa shape index (κ1) is 21.5. The first-order valence-corrected chi connectivity index (χ1v) is 10.3. The third kappa shape index (κ3) is 4.04. The van der Waals surface area contributed by atoms with Crippen molar-refractivity contribution in [1.82, 2.24) is 14.2 Å². The molecule has 0 spiro atoms. The zero-order valence-corrected chi connectivity index (χ0v) is 17.2. The Labute approximate surface area is 173 Å². The van der Waals surface area contributed by atoms with Crippen molar-refractivity contribution in [3.8, 4) is 11.5 Å². The van der Waals surface area contributed by atoms with Gasteiger partial charge in [-0.3, -0.25) is 19.9 Å². The fraction of sp³-hybridized carbons (Fsp3) is 0.333. The summed E-state index contributed by atoms with van der Waals surface area (Å²) in [5.41, 5.74) is -0.565. The molecule has 160 valence electrons. The smallest absolute Gasteiger partial charge is 0.286 e. The van der Waals surface area contributed by atoms with E-state index in [2.05, 4.69) is 4.98 Å². The van der Waals surface area contributed by atoms with Gasteiger partial charge >= 0.3 is 0 Å². The molecule has 1 aliphatic heterocycles. The van der Waals surface area contributed by atoms with Gasteiger partial charge in [0.1, 0.15) is 10.5 Å². The van der Waals surface area contributed by atoms with Gasteiger partial charge < -0.3 is 14.4 Å². The van der Waals surface area contributed by atoms with E-state index < -0.39 is 26.5 Å². The Morgan fingerprint density at radius 3 is 2.30 bits per heavy atom. The van der Waals surface area contributed by atoms with E-state index in [4.69, 9.17) is 9.47 Å². The molecule has 0 N–H and O–H groups in total. The average Bonchev–Trinajstić information content (AvgIpc) is 2.78. The molecule has 0 bridgehead atoms. The number of sulfonamides is 1. The monoisotopic (exact) mass is 436 g/mol. The molecule has 3 rings (SSSR count). The molecule has 0 radical (unpaired) electrons. The molecule has 12 heteroatoms. The quantitative estimate of drug-likeness (QED) is 0.487. The van der Waals surface area contributed by atoms with Gasteiger partial charge in [0.25, 0.3) is 11.6 Å². The minimum Gasteiger partial charge on any atom is -0.493 e. The maximum atomic E-state index is 13.0. The van der Waals surface area contributed by atoms with Gasteiger partial charge in [0.2, 0.25) is 10.0 Å². The van der Waals surface area contributed by atoms with Crippen molar-refractivity contribution in [3.05, 3.63) is 52.3 Å². The highest BCUT2D eigenvalue weighted by molar-refractivity contribution is 7.89. The summed E-state index contributed by atoms with van der Waals surface area (Å²) in [5.74, 6) is -0.265. The molecule has 0 saturated carbocycles. The van der Waals surface area contributed by atoms with Crippen molar-refractivity contribution in [2.45, 2.75) is 4.90 Å². The van der Waals surface area contributed by atoms with Crippen LogP contribution in [0.5, 0.6) is 11.5 Å². The highest BCUT2D eigenvalue weighted by Gasteiger charge is 2.33. The molecular formula is C18H20N4O7S. The molecule has 1 aliphatic rings. The van der Waals surface area contributed by atoms with Crippen LogP contribution in [-0.2, 0) is 10.0 Å². The molecule has 1 aromatic heterocycles. The van der Waals surface area contributed by atoms with Crippen LogP contribution in [0.1, 0.15) is 10.4 Å². The van der Waals surface area contributed by atoms with Crippen LogP contribution < -0.4 is 9.47 Å². The van der Waals surface area contributed by atoms with E-state index in [-0.39, 0.29) is 48.1 Å². The maximum absolute atomic E-state index is 13.0. The Balaban J connectivity index is 1.81. The van der Waals surface area contributed by atoms with Gasteiger partial charge in [0.15, 0.2) is 11.5 Å². The average molecular weight is 436 g/mol. The van der Waals surface area contributed by atoms with Crippen LogP contribution in [-0.4, -0.2) is 73.8 Å². The van der Waals surface area contributed by atoms with Crippen molar-refractivity contribution in [3.63, 3.8) is 0 Å². The highest BCUT2D eigenvalue weighted by atomic mass is 32.2. The SMILES string of the molecule is COc1cc(C(=O)N2CCN(S(=O)(=O)c3cccnc3)CC2)c([N+](=O)[O-])cc1OC. The number of piperazine rings is 1. The Hall–Kier alpha value is -3.25. The fourth-order valence-electron chi connectivity index (χ4n) is 3.14. The standard InChI is InChI=1S/C18H20N4O7S/c1-28-16-10-14(15(22(24)25)11-17(16)29-2)18(23)20-6-8-21(9-7-20)30(26,27)13-4-3-5-19-12-13/h3-5,10-12H,6-9H2,1-2H3. The molecular weight excluding hydrogens is 416 g/mol. The number of hydrogen-bond acceptors (Lipinski definition) is 8. The predicted octanol–water partition coefficient (Wildman–Crippen LogP) is 1.15. The lowest BCUT2D eigenvalue weighted by Gasteiger charge is -2.34. The summed E-state index contributed by atoms with van der Waals surface area (Å²) in [4.78, 5) is 29.0. The topological polar surface area (TPSA) is 132 Å². The molecule has 1 saturated heterocycles. The third-order valence-corrected chi connectivity index (χ3v) is 6.61. The minimum atomic E-state index is -3.73. The number of hydrogen-bond donors (Lipinski definition) is 0. The second kappa shape index (κ2) is 8.63. The number of rotatable bonds is 6. The number of aromatic nitrogens is 1. The van der Waals surface area contributed by atoms with Crippen LogP contribution in [0.15, 0.2) is 41.6 Å². The molecule has 2 heterocycles. The Kier molecular flexibility index (Phi) is 6.17. The fourth-order valence-corrected chi connectivity index (χ4v) is 4.53. The van der Waals surface area contributed by atoms with Gasteiger partial charge in [-0.05, 0) is 12.1 Å². The van der Waals surface area contributed by atoms with Gasteiger partial charge in [-0.15, -0.1) is 0 Å². The van der Waals surface area contributed by atoms with E-state index in [1.54, 1.807) is 0 Å². The molecule has 1 aromatic carbocycles. The number of nitro groups is 1. The lowest BCUT2D eigenvalue weighted by atomic mass is 10.1. The zero-order valence-electron chi connectivity index (χ0n) is 16.3. The molecule has 30 heavy (non-hydrogen) atoms. The van der Waals surface area contributed by atoms with Crippen LogP contribution in [0.3, 0.4) is 0 Å². The van der Waals surface area contributed by atoms with Crippen LogP contribution in [0, 0.1) is 10.1 Å². The van der Waals surface area contributed by atoms with Crippen molar-refractivity contribution >= 4 is 21.6 Å². The lowest BCUT2D eigenvalue weighted by Crippen LogP contribution is -2.50. The van der Waals surface area contributed by atoms with Crippen molar-refractivity contribution in [1.29, 1.82) is 0 Å². The summed E-state index contributed by atoms with van der Waals surface area (Å²) in [7, 11) is -1.03. The van der Waals surface area contributed by atoms with Crippen LogP contribution in [0.4, 0.5) is 5.69 Å². The number of pyridine rings is 1. The molecule has 0 aliphatic carbocycles. The maximum Gasteiger partial charge on any atom is 0.286 e. The number of ether oxygens (including phenoxy) is 2. The number of methoxy groups -OCH3 is 2. The summed E-state index contributed by atoms with van der Waals surface area (Å²) < 4.78 is 36.9. The van der Waals surface area contributed by atoms with Crippen LogP contribution in [0.25, 0.3) is 0 Å². The van der Waals surface area contributed by atoms with E-state index in [0.29, 0.717) is 0 Å². The second-order valence-corrected chi connectivity index (χ2v) is 8.30. The number of carbonyl (C=O) groups is 1. The molecule has 1 amide bonds. The van der Waals surface area contributed by atoms with Crippen molar-refractivity contribution in [2.24, 2.45) is 0 Å². The number of amides is 1. The molecule has 2 aromatic rings. The summed E-state index contributed by atoms with van der Waals surface area (Å²) in [6.45, 7) is 0.293. The van der Waals surface area contributed by atoms with E-state index in [1.807, 2.05) is 0 Å². The number of nitro benzene ring substituents is 1. The van der Waals surface area contributed by atoms with E-state index in [0.717, 1.165) is 6.07 Å². The molecule has 0 unspecified atom stereocenters. The van der Waals surface area contributed by atoms with Gasteiger partial charge in [0, 0.05) is 44.6 Å². The summed E-state index contributed by atoms with van der Waals surface area (Å²) >= 11 is 0. The third-order valence-electron chi connectivity index (χ3n) is 4.73. The van der Waals surface area contributed by atoms with E-state index >= 15 is 0 Å². The number of nitrogens with zero attached hydrogens (tertiary/aromatic N) is 4. The summed E-state index contributed by atoms with van der Waals surface area (Å²) in [6.07, 6.45) is 2.74. The van der Waals surface area contributed by atoms with Crippen LogP contribution >= 0.6 is 0 Å². The Morgan fingerprint density at radius 1 is 1.13 bits per heavy atom. The van der Waals surface area contributed by atoms with E-state index in [9.17, 15) is 23.3 Å². The minimum absolute atomic E-state index is 0.0596. The van der Waals surface area contributed by atoms with Gasteiger partial charge in [0.05, 0.1) is 25.2 Å². The van der Waals surface area contributed by atoms with E-state index in [1.165, 1.54) is 54.0 Å².